The molecule has 0 aromatic heterocycles. The zero-order valence-electron chi connectivity index (χ0n) is 13.6. The standard InChI is InChI=1S/C15H27N3O3/c1-5-12(2)15(21)18-10-8-16(13(3)19)6-7-17(9-11-18)14(4)20/h12H,5-11H2,1-4H3. The van der Waals surface area contributed by atoms with Gasteiger partial charge in [-0.25, -0.2) is 0 Å². The summed E-state index contributed by atoms with van der Waals surface area (Å²) in [5, 5.41) is 0. The molecule has 6 nitrogen and oxygen atoms in total. The Balaban J connectivity index is 2.84. The van der Waals surface area contributed by atoms with Crippen LogP contribution in [0, 0.1) is 5.92 Å². The number of carbonyl (C=O) groups excluding carboxylic acids is 3. The zero-order valence-corrected chi connectivity index (χ0v) is 13.6. The highest BCUT2D eigenvalue weighted by Gasteiger charge is 2.23. The topological polar surface area (TPSA) is 60.9 Å². The maximum atomic E-state index is 12.4. The van der Waals surface area contributed by atoms with Gasteiger partial charge in [-0.2, -0.15) is 0 Å². The number of carbonyl (C=O) groups is 3. The normalized spacial score (nSPS) is 18.6. The van der Waals surface area contributed by atoms with Crippen molar-refractivity contribution >= 4 is 17.7 Å². The third-order valence-corrected chi connectivity index (χ3v) is 4.16. The van der Waals surface area contributed by atoms with Crippen molar-refractivity contribution in [3.8, 4) is 0 Å². The first kappa shape index (κ1) is 17.5. The summed E-state index contributed by atoms with van der Waals surface area (Å²) < 4.78 is 0. The van der Waals surface area contributed by atoms with Crippen molar-refractivity contribution in [3.63, 3.8) is 0 Å². The molecule has 1 fully saturated rings. The zero-order chi connectivity index (χ0) is 16.0. The van der Waals surface area contributed by atoms with E-state index < -0.39 is 0 Å². The molecule has 0 aliphatic carbocycles. The van der Waals surface area contributed by atoms with Crippen molar-refractivity contribution in [1.82, 2.24) is 14.7 Å². The van der Waals surface area contributed by atoms with Crippen LogP contribution in [0.3, 0.4) is 0 Å². The van der Waals surface area contributed by atoms with Crippen molar-refractivity contribution in [2.75, 3.05) is 39.3 Å². The Morgan fingerprint density at radius 3 is 1.43 bits per heavy atom. The monoisotopic (exact) mass is 297 g/mol. The molecule has 1 saturated heterocycles. The van der Waals surface area contributed by atoms with Gasteiger partial charge in [0.05, 0.1) is 0 Å². The molecule has 0 spiro atoms. The molecule has 0 aromatic carbocycles. The lowest BCUT2D eigenvalue weighted by Crippen LogP contribution is -2.43. The van der Waals surface area contributed by atoms with E-state index in [0.717, 1.165) is 6.42 Å². The molecule has 0 saturated carbocycles. The first-order valence-electron chi connectivity index (χ1n) is 7.66. The second-order valence-electron chi connectivity index (χ2n) is 5.65. The highest BCUT2D eigenvalue weighted by molar-refractivity contribution is 5.79. The average Bonchev–Trinajstić information content (AvgIpc) is 2.55. The lowest BCUT2D eigenvalue weighted by Gasteiger charge is -2.27. The largest absolute Gasteiger partial charge is 0.339 e. The summed E-state index contributed by atoms with van der Waals surface area (Å²) in [7, 11) is 0. The molecule has 0 aromatic rings. The fraction of sp³-hybridized carbons (Fsp3) is 0.800. The summed E-state index contributed by atoms with van der Waals surface area (Å²) in [5.41, 5.74) is 0. The maximum absolute atomic E-state index is 12.4. The molecule has 1 heterocycles. The highest BCUT2D eigenvalue weighted by atomic mass is 16.2. The third kappa shape index (κ3) is 5.02. The number of amides is 3. The van der Waals surface area contributed by atoms with Crippen molar-refractivity contribution < 1.29 is 14.4 Å². The van der Waals surface area contributed by atoms with E-state index in [1.807, 2.05) is 13.8 Å². The first-order valence-corrected chi connectivity index (χ1v) is 7.66. The van der Waals surface area contributed by atoms with Crippen molar-refractivity contribution in [2.24, 2.45) is 5.92 Å². The Morgan fingerprint density at radius 1 is 0.810 bits per heavy atom. The van der Waals surface area contributed by atoms with Crippen LogP contribution in [0.5, 0.6) is 0 Å². The summed E-state index contributed by atoms with van der Waals surface area (Å²) in [4.78, 5) is 40.9. The van der Waals surface area contributed by atoms with Gasteiger partial charge in [0.25, 0.3) is 0 Å². The van der Waals surface area contributed by atoms with E-state index in [1.54, 1.807) is 14.7 Å². The minimum atomic E-state index is -0.0256. The van der Waals surface area contributed by atoms with Gasteiger partial charge < -0.3 is 14.7 Å². The molecular formula is C15H27N3O3. The summed E-state index contributed by atoms with van der Waals surface area (Å²) in [6.07, 6.45) is 0.794. The number of hydrogen-bond acceptors (Lipinski definition) is 3. The SMILES string of the molecule is CCC(C)C(=O)N1CCN(C(C)=O)CCN(C(C)=O)CC1. The predicted molar refractivity (Wildman–Crippen MR) is 80.5 cm³/mol. The van der Waals surface area contributed by atoms with Crippen LogP contribution < -0.4 is 0 Å². The number of nitrogens with zero attached hydrogens (tertiary/aromatic N) is 3. The minimum Gasteiger partial charge on any atom is -0.339 e. The second-order valence-corrected chi connectivity index (χ2v) is 5.65. The molecule has 0 bridgehead atoms. The van der Waals surface area contributed by atoms with Crippen LogP contribution in [0.1, 0.15) is 34.1 Å². The van der Waals surface area contributed by atoms with Gasteiger partial charge >= 0.3 is 0 Å². The van der Waals surface area contributed by atoms with Gasteiger partial charge in [-0.3, -0.25) is 14.4 Å². The molecule has 0 N–H and O–H groups in total. The van der Waals surface area contributed by atoms with Crippen LogP contribution in [0.2, 0.25) is 0 Å². The van der Waals surface area contributed by atoms with Gasteiger partial charge in [0, 0.05) is 59.0 Å². The highest BCUT2D eigenvalue weighted by Crippen LogP contribution is 2.09. The summed E-state index contributed by atoms with van der Waals surface area (Å²) in [6.45, 7) is 10.1. The Hall–Kier alpha value is -1.59. The van der Waals surface area contributed by atoms with E-state index >= 15 is 0 Å². The predicted octanol–water partition coefficient (Wildman–Crippen LogP) is 0.572. The maximum Gasteiger partial charge on any atom is 0.225 e. The third-order valence-electron chi connectivity index (χ3n) is 4.16. The first-order chi connectivity index (χ1) is 9.86. The van der Waals surface area contributed by atoms with Gasteiger partial charge in [-0.1, -0.05) is 13.8 Å². The van der Waals surface area contributed by atoms with E-state index in [2.05, 4.69) is 0 Å². The molecule has 1 aliphatic heterocycles. The Morgan fingerprint density at radius 2 is 1.14 bits per heavy atom. The van der Waals surface area contributed by atoms with Gasteiger partial charge in [0.1, 0.15) is 0 Å². The fourth-order valence-corrected chi connectivity index (χ4v) is 2.40. The van der Waals surface area contributed by atoms with Crippen LogP contribution >= 0.6 is 0 Å². The molecule has 3 amide bonds. The van der Waals surface area contributed by atoms with E-state index in [4.69, 9.17) is 0 Å². The summed E-state index contributed by atoms with van der Waals surface area (Å²) in [5.74, 6) is 0.0430. The van der Waals surface area contributed by atoms with Crippen LogP contribution in [0.25, 0.3) is 0 Å². The Kier molecular flexibility index (Phi) is 6.65. The molecule has 6 heteroatoms. The van der Waals surface area contributed by atoms with E-state index in [1.165, 1.54) is 13.8 Å². The number of rotatable bonds is 2. The van der Waals surface area contributed by atoms with Gasteiger partial charge in [-0.15, -0.1) is 0 Å². The number of hydrogen-bond donors (Lipinski definition) is 0. The minimum absolute atomic E-state index is 0.0173. The van der Waals surface area contributed by atoms with Crippen LogP contribution in [-0.4, -0.2) is 71.7 Å². The van der Waals surface area contributed by atoms with E-state index in [0.29, 0.717) is 39.3 Å². The second kappa shape index (κ2) is 8.00. The molecule has 21 heavy (non-hydrogen) atoms. The molecule has 1 atom stereocenters. The van der Waals surface area contributed by atoms with Crippen LogP contribution in [-0.2, 0) is 14.4 Å². The molecule has 1 unspecified atom stereocenters. The lowest BCUT2D eigenvalue weighted by atomic mass is 10.1. The molecule has 1 rings (SSSR count). The van der Waals surface area contributed by atoms with Crippen molar-refractivity contribution in [3.05, 3.63) is 0 Å². The summed E-state index contributed by atoms with van der Waals surface area (Å²) in [6, 6.07) is 0. The average molecular weight is 297 g/mol. The van der Waals surface area contributed by atoms with Crippen LogP contribution in [0.15, 0.2) is 0 Å². The Labute approximate surface area is 127 Å². The van der Waals surface area contributed by atoms with E-state index in [-0.39, 0.29) is 23.6 Å². The molecule has 120 valence electrons. The van der Waals surface area contributed by atoms with Gasteiger partial charge in [0.2, 0.25) is 17.7 Å². The molecule has 0 radical (unpaired) electrons. The molecular weight excluding hydrogens is 270 g/mol. The van der Waals surface area contributed by atoms with Crippen molar-refractivity contribution in [2.45, 2.75) is 34.1 Å². The fourth-order valence-electron chi connectivity index (χ4n) is 2.40. The lowest BCUT2D eigenvalue weighted by molar-refractivity contribution is -0.137. The van der Waals surface area contributed by atoms with Gasteiger partial charge in [0.15, 0.2) is 0 Å². The Bertz CT molecular complexity index is 372. The van der Waals surface area contributed by atoms with Crippen LogP contribution in [0.4, 0.5) is 0 Å². The van der Waals surface area contributed by atoms with E-state index in [9.17, 15) is 14.4 Å². The molecule has 1 aliphatic rings. The summed E-state index contributed by atoms with van der Waals surface area (Å²) >= 11 is 0. The van der Waals surface area contributed by atoms with Crippen molar-refractivity contribution in [1.29, 1.82) is 0 Å². The quantitative estimate of drug-likeness (QED) is 0.749. The van der Waals surface area contributed by atoms with Gasteiger partial charge in [-0.05, 0) is 6.42 Å². The smallest absolute Gasteiger partial charge is 0.225 e.